The molecule has 2 aromatic carbocycles. The van der Waals surface area contributed by atoms with Gasteiger partial charge in [0.2, 0.25) is 5.91 Å². The number of rotatable bonds is 5. The largest absolute Gasteiger partial charge is 0.497 e. The average molecular weight is 371 g/mol. The fourth-order valence-corrected chi connectivity index (χ4v) is 3.08. The summed E-state index contributed by atoms with van der Waals surface area (Å²) in [5, 5.41) is 5.84. The van der Waals surface area contributed by atoms with E-state index in [0.717, 1.165) is 22.6 Å². The van der Waals surface area contributed by atoms with E-state index in [1.54, 1.807) is 25.3 Å². The van der Waals surface area contributed by atoms with Crippen molar-refractivity contribution in [2.24, 2.45) is 0 Å². The smallest absolute Gasteiger partial charge is 0.250 e. The van der Waals surface area contributed by atoms with Gasteiger partial charge >= 0.3 is 0 Å². The van der Waals surface area contributed by atoms with Crippen molar-refractivity contribution in [1.82, 2.24) is 4.98 Å². The second kappa shape index (κ2) is 7.96. The number of halogens is 1. The van der Waals surface area contributed by atoms with Crippen molar-refractivity contribution >= 4 is 40.1 Å². The lowest BCUT2D eigenvalue weighted by molar-refractivity contribution is -0.111. The third kappa shape index (κ3) is 4.68. The first-order valence-corrected chi connectivity index (χ1v) is 8.74. The van der Waals surface area contributed by atoms with Crippen LogP contribution in [0.15, 0.2) is 60.0 Å². The minimum absolute atomic E-state index is 0.240. The van der Waals surface area contributed by atoms with Gasteiger partial charge in [0, 0.05) is 22.0 Å². The summed E-state index contributed by atoms with van der Waals surface area (Å²) in [5.74, 6) is 0.550. The molecule has 25 heavy (non-hydrogen) atoms. The van der Waals surface area contributed by atoms with Crippen molar-refractivity contribution in [1.29, 1.82) is 0 Å². The zero-order chi connectivity index (χ0) is 17.6. The summed E-state index contributed by atoms with van der Waals surface area (Å²) in [7, 11) is 1.63. The molecule has 6 heteroatoms. The molecule has 0 saturated heterocycles. The van der Waals surface area contributed by atoms with Crippen LogP contribution in [-0.4, -0.2) is 18.0 Å². The SMILES string of the molecule is COc1ccc(-c2csc(NC(=O)/C=C/c3cccc(Cl)c3)n2)cc1. The van der Waals surface area contributed by atoms with Gasteiger partial charge in [-0.1, -0.05) is 23.7 Å². The lowest BCUT2D eigenvalue weighted by atomic mass is 10.2. The first-order chi connectivity index (χ1) is 12.1. The van der Waals surface area contributed by atoms with E-state index >= 15 is 0 Å². The summed E-state index contributed by atoms with van der Waals surface area (Å²) < 4.78 is 5.14. The molecule has 1 heterocycles. The van der Waals surface area contributed by atoms with Gasteiger partial charge in [0.25, 0.3) is 0 Å². The lowest BCUT2D eigenvalue weighted by Gasteiger charge is -2.00. The Hall–Kier alpha value is -2.63. The summed E-state index contributed by atoms with van der Waals surface area (Å²) in [4.78, 5) is 16.5. The lowest BCUT2D eigenvalue weighted by Crippen LogP contribution is -2.07. The Balaban J connectivity index is 1.65. The number of nitrogens with one attached hydrogen (secondary N) is 1. The van der Waals surface area contributed by atoms with E-state index in [-0.39, 0.29) is 5.91 Å². The predicted octanol–water partition coefficient (Wildman–Crippen LogP) is 5.12. The fourth-order valence-electron chi connectivity index (χ4n) is 2.15. The third-order valence-electron chi connectivity index (χ3n) is 3.40. The summed E-state index contributed by atoms with van der Waals surface area (Å²) in [6.45, 7) is 0. The Morgan fingerprint density at radius 3 is 2.76 bits per heavy atom. The number of ether oxygens (including phenoxy) is 1. The molecule has 0 spiro atoms. The van der Waals surface area contributed by atoms with E-state index in [4.69, 9.17) is 16.3 Å². The number of thiazole rings is 1. The molecule has 0 aliphatic rings. The number of nitrogens with zero attached hydrogens (tertiary/aromatic N) is 1. The standard InChI is InChI=1S/C19H15ClN2O2S/c1-24-16-8-6-14(7-9-16)17-12-25-19(21-17)22-18(23)10-5-13-3-2-4-15(20)11-13/h2-12H,1H3,(H,21,22,23)/b10-5+. The van der Waals surface area contributed by atoms with Crippen LogP contribution >= 0.6 is 22.9 Å². The van der Waals surface area contributed by atoms with Gasteiger partial charge in [-0.3, -0.25) is 10.1 Å². The van der Waals surface area contributed by atoms with Crippen LogP contribution in [-0.2, 0) is 4.79 Å². The molecular formula is C19H15ClN2O2S. The number of methoxy groups -OCH3 is 1. The van der Waals surface area contributed by atoms with Gasteiger partial charge in [-0.15, -0.1) is 11.3 Å². The molecule has 0 aliphatic heterocycles. The zero-order valence-electron chi connectivity index (χ0n) is 13.4. The predicted molar refractivity (Wildman–Crippen MR) is 103 cm³/mol. The van der Waals surface area contributed by atoms with E-state index in [1.807, 2.05) is 41.8 Å². The first-order valence-electron chi connectivity index (χ1n) is 7.48. The van der Waals surface area contributed by atoms with Crippen LogP contribution < -0.4 is 10.1 Å². The van der Waals surface area contributed by atoms with Gasteiger partial charge in [-0.05, 0) is 48.0 Å². The summed E-state index contributed by atoms with van der Waals surface area (Å²) in [6.07, 6.45) is 3.17. The van der Waals surface area contributed by atoms with E-state index in [1.165, 1.54) is 17.4 Å². The van der Waals surface area contributed by atoms with Crippen molar-refractivity contribution in [3.05, 3.63) is 70.6 Å². The number of aromatic nitrogens is 1. The highest BCUT2D eigenvalue weighted by molar-refractivity contribution is 7.14. The normalized spacial score (nSPS) is 10.8. The minimum atomic E-state index is -0.240. The van der Waals surface area contributed by atoms with Crippen LogP contribution in [0.3, 0.4) is 0 Å². The highest BCUT2D eigenvalue weighted by Crippen LogP contribution is 2.26. The van der Waals surface area contributed by atoms with E-state index in [9.17, 15) is 4.79 Å². The number of carbonyl (C=O) groups excluding carboxylic acids is 1. The molecule has 1 N–H and O–H groups in total. The second-order valence-electron chi connectivity index (χ2n) is 5.14. The Labute approximate surface area is 154 Å². The quantitative estimate of drug-likeness (QED) is 0.634. The van der Waals surface area contributed by atoms with Gasteiger partial charge in [0.15, 0.2) is 5.13 Å². The molecule has 0 fully saturated rings. The van der Waals surface area contributed by atoms with E-state index in [2.05, 4.69) is 10.3 Å². The molecular weight excluding hydrogens is 356 g/mol. The van der Waals surface area contributed by atoms with Gasteiger partial charge in [-0.25, -0.2) is 4.98 Å². The Morgan fingerprint density at radius 1 is 1.24 bits per heavy atom. The van der Waals surface area contributed by atoms with Gasteiger partial charge in [0.1, 0.15) is 5.75 Å². The molecule has 126 valence electrons. The third-order valence-corrected chi connectivity index (χ3v) is 4.39. The van der Waals surface area contributed by atoms with Crippen molar-refractivity contribution in [3.8, 4) is 17.0 Å². The minimum Gasteiger partial charge on any atom is -0.497 e. The van der Waals surface area contributed by atoms with Crippen molar-refractivity contribution in [3.63, 3.8) is 0 Å². The zero-order valence-corrected chi connectivity index (χ0v) is 15.0. The van der Waals surface area contributed by atoms with Crippen LogP contribution in [0.2, 0.25) is 5.02 Å². The molecule has 1 amide bonds. The van der Waals surface area contributed by atoms with Crippen molar-refractivity contribution in [2.45, 2.75) is 0 Å². The van der Waals surface area contributed by atoms with E-state index < -0.39 is 0 Å². The molecule has 3 rings (SSSR count). The Bertz CT molecular complexity index is 904. The monoisotopic (exact) mass is 370 g/mol. The number of carbonyl (C=O) groups is 1. The second-order valence-corrected chi connectivity index (χ2v) is 6.44. The number of amides is 1. The van der Waals surface area contributed by atoms with Crippen LogP contribution in [0.1, 0.15) is 5.56 Å². The van der Waals surface area contributed by atoms with Gasteiger partial charge in [-0.2, -0.15) is 0 Å². The number of hydrogen-bond donors (Lipinski definition) is 1. The van der Waals surface area contributed by atoms with Crippen LogP contribution in [0.5, 0.6) is 5.75 Å². The molecule has 0 atom stereocenters. The summed E-state index contributed by atoms with van der Waals surface area (Å²) >= 11 is 7.30. The Kier molecular flexibility index (Phi) is 5.48. The fraction of sp³-hybridized carbons (Fsp3) is 0.0526. The number of anilines is 1. The molecule has 4 nitrogen and oxygen atoms in total. The van der Waals surface area contributed by atoms with Crippen LogP contribution in [0.4, 0.5) is 5.13 Å². The highest BCUT2D eigenvalue weighted by atomic mass is 35.5. The molecule has 0 unspecified atom stereocenters. The van der Waals surface area contributed by atoms with Gasteiger partial charge < -0.3 is 4.74 Å². The molecule has 0 bridgehead atoms. The molecule has 3 aromatic rings. The highest BCUT2D eigenvalue weighted by Gasteiger charge is 2.06. The Morgan fingerprint density at radius 2 is 2.04 bits per heavy atom. The first kappa shape index (κ1) is 17.2. The molecule has 0 saturated carbocycles. The number of hydrogen-bond acceptors (Lipinski definition) is 4. The average Bonchev–Trinajstić information content (AvgIpc) is 3.08. The maximum atomic E-state index is 12.0. The van der Waals surface area contributed by atoms with Gasteiger partial charge in [0.05, 0.1) is 12.8 Å². The van der Waals surface area contributed by atoms with E-state index in [0.29, 0.717) is 10.2 Å². The van der Waals surface area contributed by atoms with Crippen molar-refractivity contribution in [2.75, 3.05) is 12.4 Å². The maximum absolute atomic E-state index is 12.0. The van der Waals surface area contributed by atoms with Crippen LogP contribution in [0, 0.1) is 0 Å². The summed E-state index contributed by atoms with van der Waals surface area (Å²) in [6, 6.07) is 14.9. The molecule has 0 radical (unpaired) electrons. The summed E-state index contributed by atoms with van der Waals surface area (Å²) in [5.41, 5.74) is 2.63. The number of benzene rings is 2. The van der Waals surface area contributed by atoms with Crippen molar-refractivity contribution < 1.29 is 9.53 Å². The van der Waals surface area contributed by atoms with Crippen LogP contribution in [0.25, 0.3) is 17.3 Å². The maximum Gasteiger partial charge on any atom is 0.250 e. The topological polar surface area (TPSA) is 51.2 Å². The molecule has 1 aromatic heterocycles. The molecule has 0 aliphatic carbocycles.